The van der Waals surface area contributed by atoms with Crippen LogP contribution in [0.25, 0.3) is 0 Å². The van der Waals surface area contributed by atoms with Crippen molar-refractivity contribution in [1.29, 1.82) is 0 Å². The van der Waals surface area contributed by atoms with Crippen molar-refractivity contribution in [1.82, 2.24) is 0 Å². The quantitative estimate of drug-likeness (QED) is 0.719. The monoisotopic (exact) mass is 202 g/mol. The Hall–Kier alpha value is -1.06. The van der Waals surface area contributed by atoms with E-state index in [-0.39, 0.29) is 11.4 Å². The van der Waals surface area contributed by atoms with Crippen LogP contribution >= 0.6 is 11.6 Å². The van der Waals surface area contributed by atoms with Gasteiger partial charge in [0, 0.05) is 13.0 Å². The van der Waals surface area contributed by atoms with Crippen molar-refractivity contribution in [3.05, 3.63) is 35.4 Å². The van der Waals surface area contributed by atoms with E-state index in [1.54, 1.807) is 24.3 Å². The third-order valence-corrected chi connectivity index (χ3v) is 1.68. The van der Waals surface area contributed by atoms with Crippen LogP contribution in [0, 0.1) is 0 Å². The van der Waals surface area contributed by atoms with Gasteiger partial charge in [-0.15, -0.1) is 11.6 Å². The average molecular weight is 203 g/mol. The van der Waals surface area contributed by atoms with E-state index in [1.165, 1.54) is 0 Å². The van der Waals surface area contributed by atoms with Crippen LogP contribution < -0.4 is 0 Å². The lowest BCUT2D eigenvalue weighted by molar-refractivity contribution is 0.0696. The molecule has 4 heteroatoms. The van der Waals surface area contributed by atoms with Crippen LogP contribution in [-0.4, -0.2) is 23.3 Å². The van der Waals surface area contributed by atoms with Crippen LogP contribution in [0.3, 0.4) is 0 Å². The summed E-state index contributed by atoms with van der Waals surface area (Å²) in [6.07, 6.45) is 0. The molecule has 0 fully saturated rings. The molecule has 1 aromatic carbocycles. The van der Waals surface area contributed by atoms with Gasteiger partial charge in [0.15, 0.2) is 0 Å². The Labute approximate surface area is 81.6 Å². The first-order valence-corrected chi connectivity index (χ1v) is 4.11. The molecule has 0 amide bonds. The van der Waals surface area contributed by atoms with E-state index in [0.717, 1.165) is 7.11 Å². The zero-order valence-corrected chi connectivity index (χ0v) is 7.95. The molecule has 0 aliphatic rings. The normalized spacial score (nSPS) is 8.54. The van der Waals surface area contributed by atoms with E-state index in [9.17, 15) is 4.79 Å². The maximum atomic E-state index is 10.5. The Kier molecular flexibility index (Phi) is 5.93. The summed E-state index contributed by atoms with van der Waals surface area (Å²) in [7, 11) is 1.00. The van der Waals surface area contributed by atoms with E-state index in [1.807, 2.05) is 0 Å². The first-order chi connectivity index (χ1) is 6.25. The first-order valence-electron chi connectivity index (χ1n) is 3.57. The zero-order valence-electron chi connectivity index (χ0n) is 7.20. The van der Waals surface area contributed by atoms with Crippen molar-refractivity contribution < 1.29 is 15.0 Å². The number of carbonyl (C=O) groups is 1. The van der Waals surface area contributed by atoms with E-state index in [2.05, 4.69) is 0 Å². The molecular weight excluding hydrogens is 192 g/mol. The number of hydrogen-bond donors (Lipinski definition) is 2. The first kappa shape index (κ1) is 11.9. The van der Waals surface area contributed by atoms with Crippen molar-refractivity contribution in [2.24, 2.45) is 0 Å². The number of halogens is 1. The molecule has 0 saturated heterocycles. The maximum absolute atomic E-state index is 10.5. The molecule has 0 aromatic heterocycles. The van der Waals surface area contributed by atoms with Crippen LogP contribution in [0.2, 0.25) is 0 Å². The maximum Gasteiger partial charge on any atom is 0.336 e. The lowest BCUT2D eigenvalue weighted by atomic mass is 10.1. The minimum Gasteiger partial charge on any atom is -0.478 e. The zero-order chi connectivity index (χ0) is 10.3. The Morgan fingerprint density at radius 3 is 2.31 bits per heavy atom. The second kappa shape index (κ2) is 6.46. The molecule has 0 aliphatic heterocycles. The second-order valence-corrected chi connectivity index (χ2v) is 2.36. The largest absolute Gasteiger partial charge is 0.478 e. The molecule has 3 nitrogen and oxygen atoms in total. The summed E-state index contributed by atoms with van der Waals surface area (Å²) in [5.74, 6) is -0.691. The van der Waals surface area contributed by atoms with Gasteiger partial charge in [0.2, 0.25) is 0 Å². The van der Waals surface area contributed by atoms with Gasteiger partial charge in [-0.25, -0.2) is 4.79 Å². The molecule has 2 N–H and O–H groups in total. The lowest BCUT2D eigenvalue weighted by Gasteiger charge is -1.99. The van der Waals surface area contributed by atoms with Gasteiger partial charge in [-0.2, -0.15) is 0 Å². The Bertz CT molecular complexity index is 273. The summed E-state index contributed by atoms with van der Waals surface area (Å²) in [6, 6.07) is 6.69. The van der Waals surface area contributed by atoms with Crippen molar-refractivity contribution >= 4 is 17.6 Å². The molecule has 0 spiro atoms. The highest BCUT2D eigenvalue weighted by molar-refractivity contribution is 6.17. The highest BCUT2D eigenvalue weighted by Gasteiger charge is 2.06. The molecule has 13 heavy (non-hydrogen) atoms. The van der Waals surface area contributed by atoms with Crippen molar-refractivity contribution in [3.8, 4) is 0 Å². The third-order valence-electron chi connectivity index (χ3n) is 1.39. The predicted octanol–water partition coefficient (Wildman–Crippen LogP) is 1.73. The minimum atomic E-state index is -0.929. The van der Waals surface area contributed by atoms with Crippen LogP contribution in [0.5, 0.6) is 0 Å². The number of benzene rings is 1. The molecule has 0 bridgehead atoms. The van der Waals surface area contributed by atoms with Crippen LogP contribution in [-0.2, 0) is 5.88 Å². The van der Waals surface area contributed by atoms with Gasteiger partial charge in [-0.1, -0.05) is 18.2 Å². The van der Waals surface area contributed by atoms with Gasteiger partial charge in [0.05, 0.1) is 5.56 Å². The van der Waals surface area contributed by atoms with Crippen LogP contribution in [0.4, 0.5) is 0 Å². The van der Waals surface area contributed by atoms with Crippen LogP contribution in [0.1, 0.15) is 15.9 Å². The van der Waals surface area contributed by atoms with E-state index in [0.29, 0.717) is 5.56 Å². The van der Waals surface area contributed by atoms with Gasteiger partial charge < -0.3 is 10.2 Å². The minimum absolute atomic E-state index is 0.239. The highest BCUT2D eigenvalue weighted by Crippen LogP contribution is 2.10. The molecule has 0 aliphatic carbocycles. The Morgan fingerprint density at radius 1 is 1.38 bits per heavy atom. The number of aromatic carboxylic acids is 1. The summed E-state index contributed by atoms with van der Waals surface area (Å²) in [6.45, 7) is 0. The fraction of sp³-hybridized carbons (Fsp3) is 0.222. The summed E-state index contributed by atoms with van der Waals surface area (Å²) in [4.78, 5) is 10.5. The summed E-state index contributed by atoms with van der Waals surface area (Å²) in [5, 5.41) is 15.6. The molecule has 1 aromatic rings. The number of aliphatic hydroxyl groups is 1. The Balaban J connectivity index is 0.000000671. The van der Waals surface area contributed by atoms with Crippen molar-refractivity contribution in [3.63, 3.8) is 0 Å². The van der Waals surface area contributed by atoms with Gasteiger partial charge >= 0.3 is 5.97 Å². The standard InChI is InChI=1S/C8H7ClO2.CH4O/c9-5-6-3-1-2-4-7(6)8(10)11;1-2/h1-4H,5H2,(H,10,11);2H,1H3. The number of aliphatic hydroxyl groups excluding tert-OH is 1. The topological polar surface area (TPSA) is 57.5 Å². The molecule has 0 unspecified atom stereocenters. The molecule has 0 saturated carbocycles. The van der Waals surface area contributed by atoms with E-state index < -0.39 is 5.97 Å². The van der Waals surface area contributed by atoms with Crippen molar-refractivity contribution in [2.45, 2.75) is 5.88 Å². The summed E-state index contributed by atoms with van der Waals surface area (Å²) >= 11 is 5.51. The summed E-state index contributed by atoms with van der Waals surface area (Å²) in [5.41, 5.74) is 0.934. The molecule has 72 valence electrons. The van der Waals surface area contributed by atoms with Gasteiger partial charge in [-0.05, 0) is 11.6 Å². The number of carboxylic acid groups (broad SMARTS) is 1. The smallest absolute Gasteiger partial charge is 0.336 e. The number of carboxylic acids is 1. The van der Waals surface area contributed by atoms with Crippen molar-refractivity contribution in [2.75, 3.05) is 7.11 Å². The molecule has 0 radical (unpaired) electrons. The van der Waals surface area contributed by atoms with E-state index >= 15 is 0 Å². The average Bonchev–Trinajstić information content (AvgIpc) is 2.20. The highest BCUT2D eigenvalue weighted by atomic mass is 35.5. The number of rotatable bonds is 2. The summed E-state index contributed by atoms with van der Waals surface area (Å²) < 4.78 is 0. The SMILES string of the molecule is CO.O=C(O)c1ccccc1CCl. The fourth-order valence-corrected chi connectivity index (χ4v) is 1.08. The Morgan fingerprint density at radius 2 is 1.92 bits per heavy atom. The van der Waals surface area contributed by atoms with Crippen LogP contribution in [0.15, 0.2) is 24.3 Å². The van der Waals surface area contributed by atoms with Gasteiger partial charge in [0.1, 0.15) is 0 Å². The molecule has 1 rings (SSSR count). The van der Waals surface area contributed by atoms with Gasteiger partial charge in [-0.3, -0.25) is 0 Å². The second-order valence-electron chi connectivity index (χ2n) is 2.10. The number of hydrogen-bond acceptors (Lipinski definition) is 2. The third kappa shape index (κ3) is 3.44. The van der Waals surface area contributed by atoms with Gasteiger partial charge in [0.25, 0.3) is 0 Å². The van der Waals surface area contributed by atoms with E-state index in [4.69, 9.17) is 21.8 Å². The fourth-order valence-electron chi connectivity index (χ4n) is 0.845. The molecular formula is C9H11ClO3. The lowest BCUT2D eigenvalue weighted by Crippen LogP contribution is -1.99. The predicted molar refractivity (Wildman–Crippen MR) is 51.1 cm³/mol. The number of alkyl halides is 1. The molecule has 0 atom stereocenters. The molecule has 0 heterocycles.